The van der Waals surface area contributed by atoms with Crippen LogP contribution in [0.1, 0.15) is 17.5 Å². The molecule has 0 saturated carbocycles. The second kappa shape index (κ2) is 9.39. The van der Waals surface area contributed by atoms with E-state index in [0.29, 0.717) is 20.0 Å². The summed E-state index contributed by atoms with van der Waals surface area (Å²) < 4.78 is 19.7. The van der Waals surface area contributed by atoms with E-state index < -0.39 is 11.8 Å². The first-order valence-corrected chi connectivity index (χ1v) is 10.1. The third kappa shape index (κ3) is 5.35. The third-order valence-electron chi connectivity index (χ3n) is 4.05. The van der Waals surface area contributed by atoms with Gasteiger partial charge in [0.2, 0.25) is 0 Å². The monoisotopic (exact) mass is 451 g/mol. The number of rotatable bonds is 7. The standard InChI is InChI=1S/C20H15ClFNO4S2/c21-15-2-1-3-16(22)14(15)11-27-13-6-4-12(5-7-13)10-17-19(26)23(20(28)29-17)9-8-18(24)25/h1-7,10H,8-9,11H2,(H,24,25)/b17-10+. The number of carboxylic acid groups (broad SMARTS) is 1. The summed E-state index contributed by atoms with van der Waals surface area (Å²) in [6.45, 7) is 0.0375. The Morgan fingerprint density at radius 3 is 2.66 bits per heavy atom. The van der Waals surface area contributed by atoms with Crippen molar-refractivity contribution in [1.82, 2.24) is 4.90 Å². The Morgan fingerprint density at radius 2 is 2.00 bits per heavy atom. The maximum absolute atomic E-state index is 13.8. The fourth-order valence-corrected chi connectivity index (χ4v) is 4.06. The number of nitrogens with zero attached hydrogens (tertiary/aromatic N) is 1. The summed E-state index contributed by atoms with van der Waals surface area (Å²) in [5, 5.41) is 9.08. The molecule has 150 valence electrons. The smallest absolute Gasteiger partial charge is 0.305 e. The Bertz CT molecular complexity index is 974. The summed E-state index contributed by atoms with van der Waals surface area (Å²) in [6.07, 6.45) is 1.51. The summed E-state index contributed by atoms with van der Waals surface area (Å²) >= 11 is 12.3. The van der Waals surface area contributed by atoms with Crippen molar-refractivity contribution >= 4 is 57.9 Å². The molecule has 0 radical (unpaired) electrons. The molecule has 1 heterocycles. The van der Waals surface area contributed by atoms with Crippen molar-refractivity contribution < 1.29 is 23.8 Å². The number of thiocarbonyl (C=S) groups is 1. The second-order valence-electron chi connectivity index (χ2n) is 6.04. The largest absolute Gasteiger partial charge is 0.489 e. The third-order valence-corrected chi connectivity index (χ3v) is 5.78. The van der Waals surface area contributed by atoms with E-state index in [0.717, 1.165) is 17.3 Å². The van der Waals surface area contributed by atoms with Crippen LogP contribution in [0, 0.1) is 5.82 Å². The van der Waals surface area contributed by atoms with Crippen LogP contribution in [0.5, 0.6) is 5.75 Å². The van der Waals surface area contributed by atoms with Gasteiger partial charge in [-0.2, -0.15) is 0 Å². The Hall–Kier alpha value is -2.42. The van der Waals surface area contributed by atoms with E-state index in [1.807, 2.05) is 0 Å². The molecule has 0 unspecified atom stereocenters. The first-order valence-electron chi connectivity index (χ1n) is 8.48. The Labute approximate surface area is 181 Å². The van der Waals surface area contributed by atoms with Crippen molar-refractivity contribution in [2.75, 3.05) is 6.54 Å². The van der Waals surface area contributed by atoms with Gasteiger partial charge >= 0.3 is 5.97 Å². The summed E-state index contributed by atoms with van der Waals surface area (Å²) in [4.78, 5) is 24.8. The summed E-state index contributed by atoms with van der Waals surface area (Å²) in [5.74, 6) is -1.21. The van der Waals surface area contributed by atoms with Crippen molar-refractivity contribution in [3.63, 3.8) is 0 Å². The highest BCUT2D eigenvalue weighted by atomic mass is 35.5. The lowest BCUT2D eigenvalue weighted by molar-refractivity contribution is -0.137. The molecule has 2 aromatic carbocycles. The Balaban J connectivity index is 1.65. The van der Waals surface area contributed by atoms with Gasteiger partial charge in [-0.05, 0) is 35.9 Å². The Kier molecular flexibility index (Phi) is 6.89. The molecular formula is C20H15ClFNO4S2. The van der Waals surface area contributed by atoms with Crippen LogP contribution in [-0.4, -0.2) is 32.7 Å². The summed E-state index contributed by atoms with van der Waals surface area (Å²) in [6, 6.07) is 11.3. The Morgan fingerprint density at radius 1 is 1.28 bits per heavy atom. The van der Waals surface area contributed by atoms with E-state index in [1.165, 1.54) is 17.0 Å². The fourth-order valence-electron chi connectivity index (χ4n) is 2.54. The van der Waals surface area contributed by atoms with E-state index in [2.05, 4.69) is 0 Å². The second-order valence-corrected chi connectivity index (χ2v) is 8.12. The van der Waals surface area contributed by atoms with E-state index in [1.54, 1.807) is 36.4 Å². The molecule has 0 aliphatic carbocycles. The molecule has 0 spiro atoms. The zero-order valence-electron chi connectivity index (χ0n) is 14.9. The highest BCUT2D eigenvalue weighted by Crippen LogP contribution is 2.33. The lowest BCUT2D eigenvalue weighted by Gasteiger charge is -2.12. The maximum atomic E-state index is 13.8. The lowest BCUT2D eigenvalue weighted by Crippen LogP contribution is -2.30. The fraction of sp³-hybridized carbons (Fsp3) is 0.150. The maximum Gasteiger partial charge on any atom is 0.305 e. The van der Waals surface area contributed by atoms with E-state index >= 15 is 0 Å². The average Bonchev–Trinajstić information content (AvgIpc) is 2.94. The summed E-state index contributed by atoms with van der Waals surface area (Å²) in [7, 11) is 0. The van der Waals surface area contributed by atoms with Crippen molar-refractivity contribution in [3.8, 4) is 5.75 Å². The highest BCUT2D eigenvalue weighted by Gasteiger charge is 2.32. The minimum Gasteiger partial charge on any atom is -0.489 e. The number of thioether (sulfide) groups is 1. The van der Waals surface area contributed by atoms with E-state index in [4.69, 9.17) is 33.7 Å². The highest BCUT2D eigenvalue weighted by molar-refractivity contribution is 8.26. The van der Waals surface area contributed by atoms with E-state index in [-0.39, 0.29) is 31.0 Å². The molecule has 29 heavy (non-hydrogen) atoms. The van der Waals surface area contributed by atoms with Crippen LogP contribution in [0.25, 0.3) is 6.08 Å². The van der Waals surface area contributed by atoms with Crippen LogP contribution in [0.3, 0.4) is 0 Å². The van der Waals surface area contributed by atoms with Gasteiger partial charge < -0.3 is 9.84 Å². The predicted octanol–water partition coefficient (Wildman–Crippen LogP) is 4.73. The molecular weight excluding hydrogens is 437 g/mol. The first-order chi connectivity index (χ1) is 13.8. The first kappa shape index (κ1) is 21.3. The number of hydrogen-bond acceptors (Lipinski definition) is 5. The van der Waals surface area contributed by atoms with Crippen LogP contribution in [0.15, 0.2) is 47.4 Å². The molecule has 1 saturated heterocycles. The number of carbonyl (C=O) groups is 2. The number of carboxylic acids is 1. The van der Waals surface area contributed by atoms with Crippen LogP contribution < -0.4 is 4.74 Å². The molecule has 0 bridgehead atoms. The van der Waals surface area contributed by atoms with E-state index in [9.17, 15) is 14.0 Å². The topological polar surface area (TPSA) is 66.8 Å². The van der Waals surface area contributed by atoms with Crippen molar-refractivity contribution in [2.24, 2.45) is 0 Å². The molecule has 1 N–H and O–H groups in total. The SMILES string of the molecule is O=C(O)CCN1C(=O)/C(=C\c2ccc(OCc3c(F)cccc3Cl)cc2)SC1=S. The quantitative estimate of drug-likeness (QED) is 0.484. The van der Waals surface area contributed by atoms with Crippen LogP contribution in [0.2, 0.25) is 5.02 Å². The normalized spacial score (nSPS) is 15.2. The van der Waals surface area contributed by atoms with Crippen molar-refractivity contribution in [1.29, 1.82) is 0 Å². The van der Waals surface area contributed by atoms with Gasteiger partial charge in [-0.25, -0.2) is 4.39 Å². The number of aliphatic carboxylic acids is 1. The molecule has 1 amide bonds. The number of benzene rings is 2. The molecule has 5 nitrogen and oxygen atoms in total. The zero-order valence-corrected chi connectivity index (χ0v) is 17.3. The van der Waals surface area contributed by atoms with Gasteiger partial charge in [0.25, 0.3) is 5.91 Å². The molecule has 1 fully saturated rings. The zero-order chi connectivity index (χ0) is 21.0. The molecule has 1 aliphatic heterocycles. The molecule has 3 rings (SSSR count). The number of ether oxygens (including phenoxy) is 1. The number of halogens is 2. The van der Waals surface area contributed by atoms with Crippen molar-refractivity contribution in [2.45, 2.75) is 13.0 Å². The van der Waals surface area contributed by atoms with Gasteiger partial charge in [0.15, 0.2) is 0 Å². The van der Waals surface area contributed by atoms with Gasteiger partial charge in [0.05, 0.1) is 16.3 Å². The van der Waals surface area contributed by atoms with Gasteiger partial charge in [-0.3, -0.25) is 14.5 Å². The minimum atomic E-state index is -0.990. The number of carbonyl (C=O) groups excluding carboxylic acids is 1. The summed E-state index contributed by atoms with van der Waals surface area (Å²) in [5.41, 5.74) is 1.03. The van der Waals surface area contributed by atoms with Gasteiger partial charge in [-0.1, -0.05) is 53.8 Å². The minimum absolute atomic E-state index is 0.00686. The molecule has 2 aromatic rings. The van der Waals surface area contributed by atoms with Gasteiger partial charge in [-0.15, -0.1) is 0 Å². The van der Waals surface area contributed by atoms with Gasteiger partial charge in [0.1, 0.15) is 22.5 Å². The van der Waals surface area contributed by atoms with Crippen LogP contribution in [0.4, 0.5) is 4.39 Å². The molecule has 0 aromatic heterocycles. The average molecular weight is 452 g/mol. The van der Waals surface area contributed by atoms with Crippen LogP contribution >= 0.6 is 35.6 Å². The molecule has 0 atom stereocenters. The number of amides is 1. The lowest BCUT2D eigenvalue weighted by atomic mass is 10.2. The van der Waals surface area contributed by atoms with Gasteiger partial charge in [0, 0.05) is 12.1 Å². The number of hydrogen-bond donors (Lipinski definition) is 1. The predicted molar refractivity (Wildman–Crippen MR) is 114 cm³/mol. The van der Waals surface area contributed by atoms with Crippen LogP contribution in [-0.2, 0) is 16.2 Å². The molecule has 1 aliphatic rings. The van der Waals surface area contributed by atoms with Crippen molar-refractivity contribution in [3.05, 3.63) is 69.3 Å². The molecule has 9 heteroatoms.